The second-order valence-electron chi connectivity index (χ2n) is 7.03. The summed E-state index contributed by atoms with van der Waals surface area (Å²) in [5.41, 5.74) is -0.345. The van der Waals surface area contributed by atoms with Crippen molar-refractivity contribution in [2.75, 3.05) is 52.5 Å². The molecule has 3 rings (SSSR count). The van der Waals surface area contributed by atoms with E-state index in [0.29, 0.717) is 12.1 Å². The van der Waals surface area contributed by atoms with E-state index in [0.717, 1.165) is 70.9 Å². The van der Waals surface area contributed by atoms with Gasteiger partial charge in [0.15, 0.2) is 5.78 Å². The molecule has 0 N–H and O–H groups in total. The fraction of sp³-hybridized carbons (Fsp3) is 0.632. The predicted octanol–water partition coefficient (Wildman–Crippen LogP) is 2.93. The number of carbonyl (C=O) groups excluding carboxylic acids is 1. The first-order chi connectivity index (χ1) is 12.4. The van der Waals surface area contributed by atoms with Gasteiger partial charge < -0.3 is 9.64 Å². The Kier molecular flexibility index (Phi) is 6.32. The number of Topliss-reactive ketones (excluding diaryl/α,β-unsaturated/α-hetero) is 1. The van der Waals surface area contributed by atoms with Crippen LogP contribution < -0.4 is 0 Å². The van der Waals surface area contributed by atoms with Gasteiger partial charge in [-0.15, -0.1) is 0 Å². The predicted molar refractivity (Wildman–Crippen MR) is 92.2 cm³/mol. The number of alkyl halides is 3. The molecule has 0 amide bonds. The van der Waals surface area contributed by atoms with Crippen LogP contribution in [0.1, 0.15) is 28.8 Å². The molecule has 0 unspecified atom stereocenters. The standard InChI is InChI=1S/C19H25F3N2O2/c20-19(21,22)17-5-3-15(4-6-17)18(25)16-2-1-7-24(14-16)9-8-23-10-12-26-13-11-23/h3-6,16H,1-2,7-14H2/t16-/m0/s1. The summed E-state index contributed by atoms with van der Waals surface area (Å²) < 4.78 is 43.3. The van der Waals surface area contributed by atoms with Crippen LogP contribution in [0.5, 0.6) is 0 Å². The van der Waals surface area contributed by atoms with Crippen LogP contribution in [0, 0.1) is 5.92 Å². The van der Waals surface area contributed by atoms with E-state index < -0.39 is 11.7 Å². The van der Waals surface area contributed by atoms with E-state index in [-0.39, 0.29) is 11.7 Å². The molecule has 0 spiro atoms. The summed E-state index contributed by atoms with van der Waals surface area (Å²) in [6.07, 6.45) is -2.63. The first-order valence-corrected chi connectivity index (χ1v) is 9.17. The number of halogens is 3. The molecule has 4 nitrogen and oxygen atoms in total. The lowest BCUT2D eigenvalue weighted by Crippen LogP contribution is -2.45. The van der Waals surface area contributed by atoms with Crippen LogP contribution in [-0.2, 0) is 10.9 Å². The fourth-order valence-corrected chi connectivity index (χ4v) is 3.64. The lowest BCUT2D eigenvalue weighted by molar-refractivity contribution is -0.137. The number of hydrogen-bond donors (Lipinski definition) is 0. The topological polar surface area (TPSA) is 32.8 Å². The quantitative estimate of drug-likeness (QED) is 0.746. The Balaban J connectivity index is 1.54. The number of rotatable bonds is 5. The maximum atomic E-state index is 12.7. The van der Waals surface area contributed by atoms with E-state index in [2.05, 4.69) is 9.80 Å². The molecule has 0 aliphatic carbocycles. The van der Waals surface area contributed by atoms with Crippen LogP contribution in [0.2, 0.25) is 0 Å². The highest BCUT2D eigenvalue weighted by Crippen LogP contribution is 2.30. The first kappa shape index (κ1) is 19.3. The second-order valence-corrected chi connectivity index (χ2v) is 7.03. The number of hydrogen-bond acceptors (Lipinski definition) is 4. The molecule has 2 heterocycles. The van der Waals surface area contributed by atoms with Gasteiger partial charge in [-0.1, -0.05) is 12.1 Å². The van der Waals surface area contributed by atoms with E-state index in [9.17, 15) is 18.0 Å². The van der Waals surface area contributed by atoms with E-state index in [1.54, 1.807) is 0 Å². The van der Waals surface area contributed by atoms with Crippen molar-refractivity contribution in [1.82, 2.24) is 9.80 Å². The average molecular weight is 370 g/mol. The van der Waals surface area contributed by atoms with Gasteiger partial charge in [0, 0.05) is 44.2 Å². The van der Waals surface area contributed by atoms with Crippen LogP contribution in [0.4, 0.5) is 13.2 Å². The molecular weight excluding hydrogens is 345 g/mol. The van der Waals surface area contributed by atoms with Gasteiger partial charge in [-0.2, -0.15) is 13.2 Å². The molecule has 0 radical (unpaired) electrons. The minimum Gasteiger partial charge on any atom is -0.379 e. The summed E-state index contributed by atoms with van der Waals surface area (Å²) in [7, 11) is 0. The number of benzene rings is 1. The Labute approximate surface area is 151 Å². The third-order valence-electron chi connectivity index (χ3n) is 5.21. The van der Waals surface area contributed by atoms with Gasteiger partial charge in [-0.25, -0.2) is 0 Å². The summed E-state index contributed by atoms with van der Waals surface area (Å²) in [4.78, 5) is 17.3. The highest BCUT2D eigenvalue weighted by Gasteiger charge is 2.31. The third kappa shape index (κ3) is 5.05. The highest BCUT2D eigenvalue weighted by atomic mass is 19.4. The lowest BCUT2D eigenvalue weighted by Gasteiger charge is -2.34. The van der Waals surface area contributed by atoms with Crippen molar-refractivity contribution < 1.29 is 22.7 Å². The molecule has 2 saturated heterocycles. The molecule has 1 aromatic carbocycles. The molecule has 1 atom stereocenters. The van der Waals surface area contributed by atoms with Gasteiger partial charge in [0.2, 0.25) is 0 Å². The Morgan fingerprint density at radius 2 is 1.69 bits per heavy atom. The number of likely N-dealkylation sites (tertiary alicyclic amines) is 1. The Hall–Kier alpha value is -1.44. The van der Waals surface area contributed by atoms with Gasteiger partial charge in [-0.05, 0) is 31.5 Å². The smallest absolute Gasteiger partial charge is 0.379 e. The number of morpholine rings is 1. The maximum Gasteiger partial charge on any atom is 0.416 e. The van der Waals surface area contributed by atoms with E-state index >= 15 is 0 Å². The van der Waals surface area contributed by atoms with E-state index in [1.807, 2.05) is 0 Å². The zero-order valence-electron chi connectivity index (χ0n) is 14.8. The first-order valence-electron chi connectivity index (χ1n) is 9.17. The van der Waals surface area contributed by atoms with Crippen molar-refractivity contribution in [1.29, 1.82) is 0 Å². The number of ether oxygens (including phenoxy) is 1. The van der Waals surface area contributed by atoms with Gasteiger partial charge in [0.25, 0.3) is 0 Å². The lowest BCUT2D eigenvalue weighted by atomic mass is 9.89. The molecule has 2 aliphatic rings. The molecule has 144 valence electrons. The number of nitrogens with zero attached hydrogens (tertiary/aromatic N) is 2. The SMILES string of the molecule is O=C(c1ccc(C(F)(F)F)cc1)[C@H]1CCCN(CCN2CCOCC2)C1. The van der Waals surface area contributed by atoms with E-state index in [4.69, 9.17) is 4.74 Å². The van der Waals surface area contributed by atoms with Gasteiger partial charge >= 0.3 is 6.18 Å². The molecule has 0 saturated carbocycles. The monoisotopic (exact) mass is 370 g/mol. The van der Waals surface area contributed by atoms with Crippen molar-refractivity contribution in [3.05, 3.63) is 35.4 Å². The summed E-state index contributed by atoms with van der Waals surface area (Å²) in [5, 5.41) is 0. The zero-order valence-corrected chi connectivity index (χ0v) is 14.8. The van der Waals surface area contributed by atoms with Crippen LogP contribution >= 0.6 is 0 Å². The zero-order chi connectivity index (χ0) is 18.6. The van der Waals surface area contributed by atoms with Crippen molar-refractivity contribution in [2.24, 2.45) is 5.92 Å². The van der Waals surface area contributed by atoms with Crippen LogP contribution in [0.15, 0.2) is 24.3 Å². The van der Waals surface area contributed by atoms with Gasteiger partial charge in [-0.3, -0.25) is 9.69 Å². The number of carbonyl (C=O) groups is 1. The third-order valence-corrected chi connectivity index (χ3v) is 5.21. The van der Waals surface area contributed by atoms with Gasteiger partial charge in [0.05, 0.1) is 18.8 Å². The van der Waals surface area contributed by atoms with Crippen LogP contribution in [0.3, 0.4) is 0 Å². The number of ketones is 1. The molecule has 0 aromatic heterocycles. The Bertz CT molecular complexity index is 598. The van der Waals surface area contributed by atoms with Crippen molar-refractivity contribution >= 4 is 5.78 Å². The van der Waals surface area contributed by atoms with Crippen molar-refractivity contribution in [3.8, 4) is 0 Å². The average Bonchev–Trinajstić information content (AvgIpc) is 2.66. The Morgan fingerprint density at radius 3 is 2.35 bits per heavy atom. The normalized spacial score (nSPS) is 23.1. The number of piperidine rings is 1. The minimum atomic E-state index is -4.37. The summed E-state index contributed by atoms with van der Waals surface area (Å²) >= 11 is 0. The summed E-state index contributed by atoms with van der Waals surface area (Å²) in [6.45, 7) is 6.97. The maximum absolute atomic E-state index is 12.7. The van der Waals surface area contributed by atoms with Crippen LogP contribution in [-0.4, -0.2) is 68.1 Å². The molecule has 0 bridgehead atoms. The summed E-state index contributed by atoms with van der Waals surface area (Å²) in [6, 6.07) is 4.59. The molecule has 7 heteroatoms. The molecular formula is C19H25F3N2O2. The molecule has 2 aliphatic heterocycles. The van der Waals surface area contributed by atoms with Crippen molar-refractivity contribution in [3.63, 3.8) is 0 Å². The van der Waals surface area contributed by atoms with E-state index in [1.165, 1.54) is 12.1 Å². The largest absolute Gasteiger partial charge is 0.416 e. The minimum absolute atomic E-state index is 0.0465. The van der Waals surface area contributed by atoms with Crippen LogP contribution in [0.25, 0.3) is 0 Å². The highest BCUT2D eigenvalue weighted by molar-refractivity contribution is 5.98. The Morgan fingerprint density at radius 1 is 1.04 bits per heavy atom. The van der Waals surface area contributed by atoms with Gasteiger partial charge in [0.1, 0.15) is 0 Å². The molecule has 26 heavy (non-hydrogen) atoms. The molecule has 2 fully saturated rings. The molecule has 1 aromatic rings. The second kappa shape index (κ2) is 8.50. The fourth-order valence-electron chi connectivity index (χ4n) is 3.64. The summed E-state index contributed by atoms with van der Waals surface area (Å²) in [5.74, 6) is -0.181. The van der Waals surface area contributed by atoms with Crippen molar-refractivity contribution in [2.45, 2.75) is 19.0 Å².